The van der Waals surface area contributed by atoms with Gasteiger partial charge in [0.15, 0.2) is 11.5 Å². The van der Waals surface area contributed by atoms with Crippen LogP contribution in [0, 0.1) is 17.8 Å². The van der Waals surface area contributed by atoms with Crippen molar-refractivity contribution in [2.45, 2.75) is 37.3 Å². The van der Waals surface area contributed by atoms with Gasteiger partial charge in [0, 0.05) is 23.9 Å². The minimum Gasteiger partial charge on any atom is -0.481 e. The van der Waals surface area contributed by atoms with Gasteiger partial charge in [-0.05, 0) is 60.3 Å². The van der Waals surface area contributed by atoms with Crippen molar-refractivity contribution in [1.29, 1.82) is 0 Å². The van der Waals surface area contributed by atoms with Crippen LogP contribution in [0.5, 0.6) is 0 Å². The second-order valence-corrected chi connectivity index (χ2v) is 14.2. The average molecular weight is 707 g/mol. The Morgan fingerprint density at radius 2 is 1.44 bits per heavy atom. The van der Waals surface area contributed by atoms with E-state index in [4.69, 9.17) is 36.0 Å². The van der Waals surface area contributed by atoms with Crippen molar-refractivity contribution in [3.8, 4) is 22.6 Å². The summed E-state index contributed by atoms with van der Waals surface area (Å²) in [5.41, 5.74) is 5.35. The van der Waals surface area contributed by atoms with Gasteiger partial charge in [0.2, 0.25) is 0 Å². The van der Waals surface area contributed by atoms with E-state index in [0.29, 0.717) is 34.1 Å². The van der Waals surface area contributed by atoms with Crippen molar-refractivity contribution in [3.63, 3.8) is 0 Å². The molecule has 10 rings (SSSR count). The average Bonchev–Trinajstić information content (AvgIpc) is 3.86. The zero-order valence-corrected chi connectivity index (χ0v) is 28.9. The Bertz CT molecular complexity index is 2260. The highest BCUT2D eigenvalue weighted by Crippen LogP contribution is 2.47. The van der Waals surface area contributed by atoms with Crippen LogP contribution in [-0.4, -0.2) is 41.6 Å². The van der Waals surface area contributed by atoms with E-state index in [9.17, 15) is 9.90 Å². The number of furan rings is 1. The fourth-order valence-corrected chi connectivity index (χ4v) is 8.86. The summed E-state index contributed by atoms with van der Waals surface area (Å²) in [5.74, 6) is 0.0871. The lowest BCUT2D eigenvalue weighted by Crippen LogP contribution is -2.51. The Balaban J connectivity index is 1.30. The summed E-state index contributed by atoms with van der Waals surface area (Å²) in [6.07, 6.45) is 10.7. The topological polar surface area (TPSA) is 119 Å². The summed E-state index contributed by atoms with van der Waals surface area (Å²) in [5, 5.41) is 14.2. The molecule has 4 aromatic heterocycles. The maximum atomic E-state index is 12.6. The molecular weight excluding hydrogens is 672 g/mol. The SMILES string of the molecule is O=C(O)C1C2CCC(CC2)C1Nc1cc(-c2ccoc2)nc(-c2cn(C(c3ccccc3)(c3ccccc3)c3ccccc3)c3ncc(Cl)nc23)n1. The number of benzene rings is 3. The van der Waals surface area contributed by atoms with Crippen LogP contribution < -0.4 is 5.32 Å². The van der Waals surface area contributed by atoms with Crippen molar-refractivity contribution in [2.24, 2.45) is 17.8 Å². The van der Waals surface area contributed by atoms with Crippen LogP contribution >= 0.6 is 11.6 Å². The minimum absolute atomic E-state index is 0.145. The molecule has 52 heavy (non-hydrogen) atoms. The number of rotatable bonds is 9. The molecule has 0 saturated heterocycles. The van der Waals surface area contributed by atoms with Crippen molar-refractivity contribution in [1.82, 2.24) is 24.5 Å². The second-order valence-electron chi connectivity index (χ2n) is 13.8. The summed E-state index contributed by atoms with van der Waals surface area (Å²) in [6.45, 7) is 0. The molecule has 10 heteroatoms. The van der Waals surface area contributed by atoms with E-state index in [1.807, 2.05) is 72.9 Å². The molecule has 0 spiro atoms. The van der Waals surface area contributed by atoms with Crippen LogP contribution in [0.1, 0.15) is 42.4 Å². The second kappa shape index (κ2) is 13.1. The first-order chi connectivity index (χ1) is 25.5. The highest BCUT2D eigenvalue weighted by atomic mass is 35.5. The number of aromatic nitrogens is 5. The highest BCUT2D eigenvalue weighted by molar-refractivity contribution is 6.29. The maximum Gasteiger partial charge on any atom is 0.308 e. The zero-order chi connectivity index (χ0) is 35.2. The largest absolute Gasteiger partial charge is 0.481 e. The number of carboxylic acids is 1. The van der Waals surface area contributed by atoms with E-state index >= 15 is 0 Å². The Morgan fingerprint density at radius 3 is 2.02 bits per heavy atom. The number of fused-ring (bicyclic) bond motifs is 4. The van der Waals surface area contributed by atoms with Gasteiger partial charge in [0.05, 0.1) is 35.9 Å². The summed E-state index contributed by atoms with van der Waals surface area (Å²) >= 11 is 6.60. The lowest BCUT2D eigenvalue weighted by Gasteiger charge is -2.47. The van der Waals surface area contributed by atoms with E-state index in [-0.39, 0.29) is 23.0 Å². The van der Waals surface area contributed by atoms with Crippen LogP contribution in [0.2, 0.25) is 5.15 Å². The van der Waals surface area contributed by atoms with Crippen LogP contribution in [0.15, 0.2) is 132 Å². The van der Waals surface area contributed by atoms with Gasteiger partial charge in [-0.2, -0.15) is 0 Å². The molecule has 0 radical (unpaired) electrons. The van der Waals surface area contributed by atoms with Gasteiger partial charge >= 0.3 is 5.97 Å². The first-order valence-corrected chi connectivity index (χ1v) is 18.0. The third kappa shape index (κ3) is 5.35. The van der Waals surface area contributed by atoms with Gasteiger partial charge < -0.3 is 19.4 Å². The number of carbonyl (C=O) groups is 1. The zero-order valence-electron chi connectivity index (χ0n) is 28.1. The van der Waals surface area contributed by atoms with Crippen LogP contribution in [-0.2, 0) is 10.3 Å². The van der Waals surface area contributed by atoms with Crippen LogP contribution in [0.3, 0.4) is 0 Å². The molecule has 2 atom stereocenters. The third-order valence-corrected chi connectivity index (χ3v) is 11.2. The summed E-state index contributed by atoms with van der Waals surface area (Å²) in [7, 11) is 0. The highest BCUT2D eigenvalue weighted by Gasteiger charge is 2.47. The lowest BCUT2D eigenvalue weighted by molar-refractivity contribution is -0.148. The van der Waals surface area contributed by atoms with Gasteiger partial charge in [-0.3, -0.25) is 4.79 Å². The molecule has 2 N–H and O–H groups in total. The monoisotopic (exact) mass is 706 g/mol. The fourth-order valence-electron chi connectivity index (χ4n) is 8.73. The quantitative estimate of drug-likeness (QED) is 0.143. The molecule has 7 aromatic rings. The summed E-state index contributed by atoms with van der Waals surface area (Å²) in [6, 6.07) is 34.6. The number of nitrogens with one attached hydrogen (secondary N) is 1. The molecule has 3 fully saturated rings. The predicted octanol–water partition coefficient (Wildman–Crippen LogP) is 8.94. The normalized spacial score (nSPS) is 19.9. The molecule has 3 aliphatic carbocycles. The van der Waals surface area contributed by atoms with E-state index in [1.165, 1.54) is 0 Å². The molecule has 3 saturated carbocycles. The molecular formula is C42H35ClN6O3. The Morgan fingerprint density at radius 1 is 0.827 bits per heavy atom. The lowest BCUT2D eigenvalue weighted by atomic mass is 9.61. The first-order valence-electron chi connectivity index (χ1n) is 17.6. The number of nitrogens with zero attached hydrogens (tertiary/aromatic N) is 5. The molecule has 3 aliphatic rings. The van der Waals surface area contributed by atoms with Crippen LogP contribution in [0.4, 0.5) is 5.82 Å². The smallest absolute Gasteiger partial charge is 0.308 e. The standard InChI is InChI=1S/C42H35ClN6O3/c43-34-23-44-40-38(46-34)32(24-49(40)42(29-10-4-1-5-11-29,30-12-6-2-7-13-30)31-14-8-3-9-15-31)39-45-33(28-20-21-52-25-28)22-35(48-39)47-37-27-18-16-26(17-19-27)36(37)41(50)51/h1-15,20-27,36-37H,16-19H2,(H,50,51)(H,45,47,48). The molecule has 4 heterocycles. The van der Waals surface area contributed by atoms with Gasteiger partial charge in [0.25, 0.3) is 0 Å². The van der Waals surface area contributed by atoms with Crippen molar-refractivity contribution < 1.29 is 14.3 Å². The maximum absolute atomic E-state index is 12.6. The van der Waals surface area contributed by atoms with Gasteiger partial charge in [0.1, 0.15) is 22.0 Å². The molecule has 258 valence electrons. The third-order valence-electron chi connectivity index (χ3n) is 11.0. The molecule has 0 aliphatic heterocycles. The van der Waals surface area contributed by atoms with E-state index < -0.39 is 17.4 Å². The van der Waals surface area contributed by atoms with Crippen molar-refractivity contribution in [3.05, 3.63) is 150 Å². The summed E-state index contributed by atoms with van der Waals surface area (Å²) in [4.78, 5) is 32.6. The number of halogens is 1. The molecule has 2 unspecified atom stereocenters. The first kappa shape index (κ1) is 32.1. The Hall–Kier alpha value is -5.80. The fraction of sp³-hybridized carbons (Fsp3) is 0.214. The van der Waals surface area contributed by atoms with Gasteiger partial charge in [-0.1, -0.05) is 103 Å². The van der Waals surface area contributed by atoms with Gasteiger partial charge in [-0.25, -0.2) is 19.9 Å². The molecule has 2 bridgehead atoms. The number of hydrogen-bond donors (Lipinski definition) is 2. The molecule has 9 nitrogen and oxygen atoms in total. The molecule has 3 aromatic carbocycles. The number of aliphatic carboxylic acids is 1. The van der Waals surface area contributed by atoms with E-state index in [0.717, 1.165) is 47.9 Å². The summed E-state index contributed by atoms with van der Waals surface area (Å²) < 4.78 is 7.63. The minimum atomic E-state index is -0.887. The molecule has 0 amide bonds. The number of carboxylic acid groups (broad SMARTS) is 1. The Labute approximate surface area is 305 Å². The van der Waals surface area contributed by atoms with Gasteiger partial charge in [-0.15, -0.1) is 0 Å². The van der Waals surface area contributed by atoms with E-state index in [1.54, 1.807) is 18.7 Å². The van der Waals surface area contributed by atoms with Crippen molar-refractivity contribution in [2.75, 3.05) is 5.32 Å². The van der Waals surface area contributed by atoms with Crippen molar-refractivity contribution >= 4 is 34.6 Å². The van der Waals surface area contributed by atoms with E-state index in [2.05, 4.69) is 46.3 Å². The number of hydrogen-bond acceptors (Lipinski definition) is 7. The number of anilines is 1. The van der Waals surface area contributed by atoms with Crippen LogP contribution in [0.25, 0.3) is 33.8 Å². The predicted molar refractivity (Wildman–Crippen MR) is 200 cm³/mol. The Kier molecular flexibility index (Phi) is 8.08.